The third-order valence-electron chi connectivity index (χ3n) is 1.77. The summed E-state index contributed by atoms with van der Waals surface area (Å²) < 4.78 is 5.05. The number of esters is 1. The molecular weight excluding hydrogens is 242 g/mol. The number of Topliss-reactive ketones (excluding diaryl/α,β-unsaturated/α-hetero) is 1. The summed E-state index contributed by atoms with van der Waals surface area (Å²) in [6.07, 6.45) is 1.13. The number of pyridine rings is 1. The van der Waals surface area contributed by atoms with Crippen LogP contribution in [-0.2, 0) is 9.53 Å². The summed E-state index contributed by atoms with van der Waals surface area (Å²) in [5.74, 6) is -0.876. The number of hydrogen-bond donors (Lipinski definition) is 0. The van der Waals surface area contributed by atoms with Gasteiger partial charge in [-0.1, -0.05) is 11.6 Å². The van der Waals surface area contributed by atoms with Gasteiger partial charge in [-0.05, 0) is 32.9 Å². The van der Waals surface area contributed by atoms with Crippen LogP contribution in [0.2, 0.25) is 5.15 Å². The van der Waals surface area contributed by atoms with Crippen molar-refractivity contribution in [2.24, 2.45) is 0 Å². The van der Waals surface area contributed by atoms with Crippen molar-refractivity contribution >= 4 is 23.4 Å². The van der Waals surface area contributed by atoms with Crippen molar-refractivity contribution in [2.45, 2.75) is 32.8 Å². The molecule has 17 heavy (non-hydrogen) atoms. The lowest BCUT2D eigenvalue weighted by Crippen LogP contribution is -2.25. The van der Waals surface area contributed by atoms with E-state index >= 15 is 0 Å². The van der Waals surface area contributed by atoms with Crippen molar-refractivity contribution in [1.82, 2.24) is 4.98 Å². The fourth-order valence-electron chi connectivity index (χ4n) is 1.19. The molecule has 1 heterocycles. The molecule has 4 nitrogen and oxygen atoms in total. The predicted molar refractivity (Wildman–Crippen MR) is 64.0 cm³/mol. The van der Waals surface area contributed by atoms with Gasteiger partial charge in [-0.2, -0.15) is 0 Å². The Balaban J connectivity index is 2.64. The minimum atomic E-state index is -0.590. The van der Waals surface area contributed by atoms with Crippen molar-refractivity contribution < 1.29 is 14.3 Å². The number of ether oxygens (including phenoxy) is 1. The molecule has 5 heteroatoms. The minimum absolute atomic E-state index is 0.222. The van der Waals surface area contributed by atoms with Gasteiger partial charge in [0.2, 0.25) is 0 Å². The number of aromatic nitrogens is 1. The Labute approximate surface area is 105 Å². The van der Waals surface area contributed by atoms with Crippen LogP contribution < -0.4 is 0 Å². The molecule has 0 aromatic carbocycles. The van der Waals surface area contributed by atoms with Crippen LogP contribution in [0.5, 0.6) is 0 Å². The molecular formula is C12H14ClNO3. The first kappa shape index (κ1) is 13.6. The van der Waals surface area contributed by atoms with E-state index in [0.29, 0.717) is 5.56 Å². The second-order valence-corrected chi connectivity index (χ2v) is 4.94. The van der Waals surface area contributed by atoms with E-state index in [4.69, 9.17) is 16.3 Å². The summed E-state index contributed by atoms with van der Waals surface area (Å²) in [6.45, 7) is 5.25. The average Bonchev–Trinajstić information content (AvgIpc) is 2.14. The third kappa shape index (κ3) is 4.95. The highest BCUT2D eigenvalue weighted by atomic mass is 35.5. The largest absolute Gasteiger partial charge is 0.460 e. The van der Waals surface area contributed by atoms with Gasteiger partial charge < -0.3 is 4.74 Å². The molecule has 0 amide bonds. The molecule has 0 aliphatic heterocycles. The quantitative estimate of drug-likeness (QED) is 0.361. The lowest BCUT2D eigenvalue weighted by atomic mass is 10.1. The second-order valence-electron chi connectivity index (χ2n) is 4.55. The van der Waals surface area contributed by atoms with Gasteiger partial charge in [-0.3, -0.25) is 9.59 Å². The topological polar surface area (TPSA) is 56.3 Å². The highest BCUT2D eigenvalue weighted by molar-refractivity contribution is 6.29. The zero-order chi connectivity index (χ0) is 13.1. The first-order chi connectivity index (χ1) is 7.78. The number of nitrogens with zero attached hydrogens (tertiary/aromatic N) is 1. The van der Waals surface area contributed by atoms with E-state index in [-0.39, 0.29) is 17.4 Å². The van der Waals surface area contributed by atoms with Crippen LogP contribution >= 0.6 is 11.6 Å². The molecule has 1 aromatic rings. The number of hydrogen-bond acceptors (Lipinski definition) is 4. The Bertz CT molecular complexity index is 438. The van der Waals surface area contributed by atoms with Crippen LogP contribution in [-0.4, -0.2) is 22.3 Å². The molecule has 0 N–H and O–H groups in total. The molecule has 0 spiro atoms. The Morgan fingerprint density at radius 3 is 2.59 bits per heavy atom. The Morgan fingerprint density at radius 1 is 1.41 bits per heavy atom. The fourth-order valence-corrected chi connectivity index (χ4v) is 1.36. The van der Waals surface area contributed by atoms with Crippen LogP contribution in [0.15, 0.2) is 18.3 Å². The van der Waals surface area contributed by atoms with Gasteiger partial charge in [0.1, 0.15) is 17.2 Å². The molecule has 1 rings (SSSR count). The number of carbonyl (C=O) groups is 2. The van der Waals surface area contributed by atoms with Crippen LogP contribution in [0.1, 0.15) is 37.6 Å². The summed E-state index contributed by atoms with van der Waals surface area (Å²) >= 11 is 5.65. The second kappa shape index (κ2) is 5.27. The van der Waals surface area contributed by atoms with Gasteiger partial charge in [-0.15, -0.1) is 0 Å². The van der Waals surface area contributed by atoms with Gasteiger partial charge >= 0.3 is 5.97 Å². The lowest BCUT2D eigenvalue weighted by Gasteiger charge is -2.19. The van der Waals surface area contributed by atoms with Crippen molar-refractivity contribution in [2.75, 3.05) is 0 Å². The minimum Gasteiger partial charge on any atom is -0.460 e. The van der Waals surface area contributed by atoms with Gasteiger partial charge in [-0.25, -0.2) is 4.98 Å². The van der Waals surface area contributed by atoms with Crippen molar-refractivity contribution in [1.29, 1.82) is 0 Å². The maximum atomic E-state index is 11.7. The molecule has 0 atom stereocenters. The smallest absolute Gasteiger partial charge is 0.314 e. The lowest BCUT2D eigenvalue weighted by molar-refractivity contribution is -0.153. The number of carbonyl (C=O) groups excluding carboxylic acids is 2. The molecule has 0 unspecified atom stereocenters. The third-order valence-corrected chi connectivity index (χ3v) is 1.98. The first-order valence-corrected chi connectivity index (χ1v) is 5.52. The first-order valence-electron chi connectivity index (χ1n) is 5.14. The summed E-state index contributed by atoms with van der Waals surface area (Å²) in [5.41, 5.74) is -0.233. The molecule has 0 saturated carbocycles. The molecule has 1 aromatic heterocycles. The van der Waals surface area contributed by atoms with E-state index in [1.807, 2.05) is 0 Å². The molecule has 92 valence electrons. The summed E-state index contributed by atoms with van der Waals surface area (Å²) in [5, 5.41) is 0.222. The predicted octanol–water partition coefficient (Wildman–Crippen LogP) is 2.65. The zero-order valence-corrected chi connectivity index (χ0v) is 10.7. The van der Waals surface area contributed by atoms with Crippen molar-refractivity contribution in [3.63, 3.8) is 0 Å². The highest BCUT2D eigenvalue weighted by Gasteiger charge is 2.19. The van der Waals surface area contributed by atoms with Gasteiger partial charge in [0.15, 0.2) is 5.78 Å². The van der Waals surface area contributed by atoms with E-state index in [0.717, 1.165) is 0 Å². The average molecular weight is 256 g/mol. The molecule has 0 radical (unpaired) electrons. The monoisotopic (exact) mass is 255 g/mol. The van der Waals surface area contributed by atoms with Crippen LogP contribution in [0.4, 0.5) is 0 Å². The normalized spacial score (nSPS) is 11.1. The Kier molecular flexibility index (Phi) is 4.23. The summed E-state index contributed by atoms with van der Waals surface area (Å²) in [7, 11) is 0. The molecule has 0 aliphatic carbocycles. The van der Waals surface area contributed by atoms with E-state index in [1.165, 1.54) is 18.3 Å². The molecule has 0 fully saturated rings. The van der Waals surface area contributed by atoms with Gasteiger partial charge in [0.25, 0.3) is 0 Å². The number of ketones is 1. The Hall–Kier alpha value is -1.42. The van der Waals surface area contributed by atoms with E-state index in [9.17, 15) is 9.59 Å². The zero-order valence-electron chi connectivity index (χ0n) is 9.99. The fraction of sp³-hybridized carbons (Fsp3) is 0.417. The SMILES string of the molecule is CC(C)(C)OC(=O)CC(=O)c1ccnc(Cl)c1. The van der Waals surface area contributed by atoms with Crippen LogP contribution in [0.3, 0.4) is 0 Å². The van der Waals surface area contributed by atoms with Gasteiger partial charge in [0, 0.05) is 11.8 Å². The van der Waals surface area contributed by atoms with Gasteiger partial charge in [0.05, 0.1) is 0 Å². The molecule has 0 bridgehead atoms. The van der Waals surface area contributed by atoms with Crippen LogP contribution in [0, 0.1) is 0 Å². The number of rotatable bonds is 3. The standard InChI is InChI=1S/C12H14ClNO3/c1-12(2,3)17-11(16)7-9(15)8-4-5-14-10(13)6-8/h4-6H,7H2,1-3H3. The maximum absolute atomic E-state index is 11.7. The molecule has 0 aliphatic rings. The van der Waals surface area contributed by atoms with E-state index < -0.39 is 11.6 Å². The van der Waals surface area contributed by atoms with Crippen molar-refractivity contribution in [3.8, 4) is 0 Å². The summed E-state index contributed by atoms with van der Waals surface area (Å²) in [4.78, 5) is 26.9. The maximum Gasteiger partial charge on any atom is 0.314 e. The van der Waals surface area contributed by atoms with E-state index in [2.05, 4.69) is 4.98 Å². The number of halogens is 1. The molecule has 0 saturated heterocycles. The van der Waals surface area contributed by atoms with Crippen molar-refractivity contribution in [3.05, 3.63) is 29.0 Å². The van der Waals surface area contributed by atoms with Crippen LogP contribution in [0.25, 0.3) is 0 Å². The van der Waals surface area contributed by atoms with E-state index in [1.54, 1.807) is 20.8 Å². The summed E-state index contributed by atoms with van der Waals surface area (Å²) in [6, 6.07) is 2.94. The highest BCUT2D eigenvalue weighted by Crippen LogP contribution is 2.12. The Morgan fingerprint density at radius 2 is 2.06 bits per heavy atom.